The molecule has 0 fully saturated rings. The average molecular weight is 380 g/mol. The van der Waals surface area contributed by atoms with E-state index in [1.54, 1.807) is 43.5 Å². The number of aromatic amines is 1. The fourth-order valence-corrected chi connectivity index (χ4v) is 3.00. The summed E-state index contributed by atoms with van der Waals surface area (Å²) in [6.45, 7) is 6.05. The first kappa shape index (κ1) is 19.5. The van der Waals surface area contributed by atoms with Gasteiger partial charge in [-0.25, -0.2) is 0 Å². The average Bonchev–Trinajstić information content (AvgIpc) is 2.65. The van der Waals surface area contributed by atoms with Crippen LogP contribution in [0, 0.1) is 0 Å². The van der Waals surface area contributed by atoms with Crippen LogP contribution in [0.4, 0.5) is 5.69 Å². The van der Waals surface area contributed by atoms with Crippen molar-refractivity contribution in [1.29, 1.82) is 0 Å². The highest BCUT2D eigenvalue weighted by Crippen LogP contribution is 2.29. The minimum Gasteiger partial charge on any atom is -0.497 e. The third-order valence-electron chi connectivity index (χ3n) is 4.35. The maximum atomic E-state index is 12.2. The molecule has 0 aliphatic heterocycles. The molecule has 3 aromatic rings. The van der Waals surface area contributed by atoms with Gasteiger partial charge in [0.05, 0.1) is 12.6 Å². The number of aromatic nitrogens is 1. The van der Waals surface area contributed by atoms with Crippen LogP contribution in [0.3, 0.4) is 0 Å². The molecular formula is C22H24N2O4. The molecule has 1 heterocycles. The summed E-state index contributed by atoms with van der Waals surface area (Å²) in [6, 6.07) is 14.2. The zero-order valence-electron chi connectivity index (χ0n) is 16.5. The molecular weight excluding hydrogens is 356 g/mol. The molecule has 0 atom stereocenters. The van der Waals surface area contributed by atoms with E-state index in [0.29, 0.717) is 22.7 Å². The van der Waals surface area contributed by atoms with E-state index in [0.717, 1.165) is 10.9 Å². The van der Waals surface area contributed by atoms with Gasteiger partial charge in [0.1, 0.15) is 11.5 Å². The van der Waals surface area contributed by atoms with Crippen molar-refractivity contribution in [3.05, 3.63) is 64.4 Å². The van der Waals surface area contributed by atoms with Crippen LogP contribution in [0.2, 0.25) is 0 Å². The van der Waals surface area contributed by atoms with E-state index in [-0.39, 0.29) is 23.5 Å². The Morgan fingerprint density at radius 2 is 1.82 bits per heavy atom. The van der Waals surface area contributed by atoms with Crippen molar-refractivity contribution < 1.29 is 14.3 Å². The van der Waals surface area contributed by atoms with Crippen molar-refractivity contribution in [1.82, 2.24) is 4.98 Å². The SMILES string of the molecule is COc1cccc(OCC(=O)Nc2ccc3c(C(C)(C)C)cc(=O)[nH]c3c2)c1. The van der Waals surface area contributed by atoms with E-state index >= 15 is 0 Å². The van der Waals surface area contributed by atoms with Gasteiger partial charge in [-0.15, -0.1) is 0 Å². The Balaban J connectivity index is 1.75. The zero-order chi connectivity index (χ0) is 20.3. The summed E-state index contributed by atoms with van der Waals surface area (Å²) in [5.41, 5.74) is 1.91. The highest BCUT2D eigenvalue weighted by Gasteiger charge is 2.18. The van der Waals surface area contributed by atoms with Gasteiger partial charge >= 0.3 is 0 Å². The van der Waals surface area contributed by atoms with Gasteiger partial charge in [-0.2, -0.15) is 0 Å². The first-order chi connectivity index (χ1) is 13.3. The van der Waals surface area contributed by atoms with Crippen molar-refractivity contribution >= 4 is 22.5 Å². The quantitative estimate of drug-likeness (QED) is 0.704. The second-order valence-electron chi connectivity index (χ2n) is 7.57. The summed E-state index contributed by atoms with van der Waals surface area (Å²) in [6.07, 6.45) is 0. The van der Waals surface area contributed by atoms with E-state index in [9.17, 15) is 9.59 Å². The molecule has 1 amide bonds. The Bertz CT molecular complexity index is 1060. The van der Waals surface area contributed by atoms with Crippen LogP contribution in [-0.4, -0.2) is 24.6 Å². The first-order valence-electron chi connectivity index (χ1n) is 9.00. The molecule has 0 saturated carbocycles. The van der Waals surface area contributed by atoms with Gasteiger partial charge in [0.25, 0.3) is 5.91 Å². The number of ether oxygens (including phenoxy) is 2. The number of pyridine rings is 1. The Labute approximate surface area is 163 Å². The lowest BCUT2D eigenvalue weighted by Crippen LogP contribution is -2.20. The Morgan fingerprint density at radius 1 is 1.07 bits per heavy atom. The van der Waals surface area contributed by atoms with Crippen LogP contribution < -0.4 is 20.3 Å². The molecule has 2 aromatic carbocycles. The lowest BCUT2D eigenvalue weighted by molar-refractivity contribution is -0.118. The number of nitrogens with one attached hydrogen (secondary N) is 2. The molecule has 0 spiro atoms. The summed E-state index contributed by atoms with van der Waals surface area (Å²) in [5.74, 6) is 0.912. The van der Waals surface area contributed by atoms with E-state index in [1.807, 2.05) is 12.1 Å². The second-order valence-corrected chi connectivity index (χ2v) is 7.57. The van der Waals surface area contributed by atoms with Gasteiger partial charge < -0.3 is 19.8 Å². The molecule has 0 aliphatic rings. The Morgan fingerprint density at radius 3 is 2.54 bits per heavy atom. The van der Waals surface area contributed by atoms with Crippen molar-refractivity contribution in [2.24, 2.45) is 0 Å². The van der Waals surface area contributed by atoms with Crippen molar-refractivity contribution in [2.45, 2.75) is 26.2 Å². The maximum Gasteiger partial charge on any atom is 0.262 e. The molecule has 0 bridgehead atoms. The summed E-state index contributed by atoms with van der Waals surface area (Å²) < 4.78 is 10.6. The van der Waals surface area contributed by atoms with E-state index in [4.69, 9.17) is 9.47 Å². The summed E-state index contributed by atoms with van der Waals surface area (Å²) in [4.78, 5) is 27.1. The third-order valence-corrected chi connectivity index (χ3v) is 4.35. The van der Waals surface area contributed by atoms with Crippen LogP contribution in [0.25, 0.3) is 10.9 Å². The standard InChI is InChI=1S/C22H24N2O4/c1-22(2,3)18-12-20(25)24-19-10-14(8-9-17(18)19)23-21(26)13-28-16-7-5-6-15(11-16)27-4/h5-12H,13H2,1-4H3,(H,23,26)(H,24,25). The topological polar surface area (TPSA) is 80.4 Å². The van der Waals surface area contributed by atoms with E-state index in [2.05, 4.69) is 31.1 Å². The van der Waals surface area contributed by atoms with Crippen LogP contribution in [0.5, 0.6) is 11.5 Å². The fraction of sp³-hybridized carbons (Fsp3) is 0.273. The molecule has 2 N–H and O–H groups in total. The van der Waals surface area contributed by atoms with Crippen LogP contribution >= 0.6 is 0 Å². The van der Waals surface area contributed by atoms with Crippen LogP contribution in [0.15, 0.2) is 53.3 Å². The zero-order valence-corrected chi connectivity index (χ0v) is 16.5. The molecule has 0 unspecified atom stereocenters. The predicted octanol–water partition coefficient (Wildman–Crippen LogP) is 3.85. The fourth-order valence-electron chi connectivity index (χ4n) is 3.00. The van der Waals surface area contributed by atoms with Crippen LogP contribution in [0.1, 0.15) is 26.3 Å². The first-order valence-corrected chi connectivity index (χ1v) is 9.00. The second kappa shape index (κ2) is 7.76. The third kappa shape index (κ3) is 4.52. The minimum atomic E-state index is -0.295. The number of amides is 1. The summed E-state index contributed by atoms with van der Waals surface area (Å²) in [7, 11) is 1.57. The number of carbonyl (C=O) groups excluding carboxylic acids is 1. The number of fused-ring (bicyclic) bond motifs is 1. The van der Waals surface area contributed by atoms with Gasteiger partial charge in [0, 0.05) is 23.2 Å². The lowest BCUT2D eigenvalue weighted by Gasteiger charge is -2.21. The number of carbonyl (C=O) groups is 1. The van der Waals surface area contributed by atoms with E-state index < -0.39 is 0 Å². The number of benzene rings is 2. The Kier molecular flexibility index (Phi) is 5.40. The molecule has 0 aliphatic carbocycles. The normalized spacial score (nSPS) is 11.3. The summed E-state index contributed by atoms with van der Waals surface area (Å²) >= 11 is 0. The monoisotopic (exact) mass is 380 g/mol. The number of H-pyrrole nitrogens is 1. The lowest BCUT2D eigenvalue weighted by atomic mass is 9.85. The molecule has 28 heavy (non-hydrogen) atoms. The molecule has 0 radical (unpaired) electrons. The highest BCUT2D eigenvalue weighted by atomic mass is 16.5. The summed E-state index contributed by atoms with van der Waals surface area (Å²) in [5, 5.41) is 3.75. The smallest absolute Gasteiger partial charge is 0.262 e. The molecule has 1 aromatic heterocycles. The van der Waals surface area contributed by atoms with Gasteiger partial charge in [0.2, 0.25) is 5.56 Å². The highest BCUT2D eigenvalue weighted by molar-refractivity contribution is 5.95. The Hall–Kier alpha value is -3.28. The maximum absolute atomic E-state index is 12.2. The number of methoxy groups -OCH3 is 1. The minimum absolute atomic E-state index is 0.135. The van der Waals surface area contributed by atoms with Gasteiger partial charge in [-0.1, -0.05) is 32.9 Å². The van der Waals surface area contributed by atoms with Crippen LogP contribution in [-0.2, 0) is 10.2 Å². The number of hydrogen-bond donors (Lipinski definition) is 2. The number of hydrogen-bond acceptors (Lipinski definition) is 4. The molecule has 0 saturated heterocycles. The molecule has 6 heteroatoms. The number of anilines is 1. The predicted molar refractivity (Wildman–Crippen MR) is 110 cm³/mol. The van der Waals surface area contributed by atoms with Crippen molar-refractivity contribution in [2.75, 3.05) is 19.0 Å². The largest absolute Gasteiger partial charge is 0.497 e. The van der Waals surface area contributed by atoms with E-state index in [1.165, 1.54) is 0 Å². The molecule has 146 valence electrons. The molecule has 3 rings (SSSR count). The number of rotatable bonds is 5. The van der Waals surface area contributed by atoms with Gasteiger partial charge in [-0.3, -0.25) is 9.59 Å². The van der Waals surface area contributed by atoms with Crippen molar-refractivity contribution in [3.63, 3.8) is 0 Å². The van der Waals surface area contributed by atoms with Gasteiger partial charge in [0.15, 0.2) is 6.61 Å². The van der Waals surface area contributed by atoms with Crippen molar-refractivity contribution in [3.8, 4) is 11.5 Å². The molecule has 6 nitrogen and oxygen atoms in total. The van der Waals surface area contributed by atoms with Gasteiger partial charge in [-0.05, 0) is 35.2 Å².